The van der Waals surface area contributed by atoms with E-state index in [9.17, 15) is 23.5 Å². The third kappa shape index (κ3) is 8.04. The number of nitrogens with two attached hydrogens (primary N) is 1. The fourth-order valence-electron chi connectivity index (χ4n) is 5.97. The molecule has 4 N–H and O–H groups in total. The van der Waals surface area contributed by atoms with Crippen LogP contribution in [0.1, 0.15) is 51.2 Å². The molecule has 0 aliphatic heterocycles. The average molecular weight is 584 g/mol. The highest BCUT2D eigenvalue weighted by Gasteiger charge is 2.50. The van der Waals surface area contributed by atoms with Crippen LogP contribution in [0.3, 0.4) is 0 Å². The van der Waals surface area contributed by atoms with E-state index in [1.165, 1.54) is 12.1 Å². The van der Waals surface area contributed by atoms with Crippen molar-refractivity contribution in [1.29, 1.82) is 0 Å². The fourth-order valence-corrected chi connectivity index (χ4v) is 5.97. The summed E-state index contributed by atoms with van der Waals surface area (Å²) in [6.45, 7) is 7.15. The number of nitrogens with one attached hydrogen (secondary N) is 1. The van der Waals surface area contributed by atoms with Gasteiger partial charge < -0.3 is 25.8 Å². The van der Waals surface area contributed by atoms with Crippen LogP contribution in [0.4, 0.5) is 8.78 Å². The number of carbonyl (C=O) groups is 2. The maximum Gasteiger partial charge on any atom is 0.244 e. The van der Waals surface area contributed by atoms with Crippen LogP contribution in [0.15, 0.2) is 65.8 Å². The van der Waals surface area contributed by atoms with Gasteiger partial charge in [-0.25, -0.2) is 8.78 Å². The minimum Gasteiger partial charge on any atom is -0.496 e. The Labute approximate surface area is 247 Å². The molecule has 0 saturated heterocycles. The lowest BCUT2D eigenvalue weighted by Crippen LogP contribution is -2.54. The van der Waals surface area contributed by atoms with Crippen LogP contribution in [0, 0.1) is 23.0 Å². The zero-order valence-corrected chi connectivity index (χ0v) is 25.0. The van der Waals surface area contributed by atoms with Gasteiger partial charge in [0.1, 0.15) is 17.4 Å². The first-order chi connectivity index (χ1) is 20.0. The monoisotopic (exact) mass is 583 g/mol. The third-order valence-corrected chi connectivity index (χ3v) is 7.72. The number of carbonyl (C=O) groups excluding carboxylic acids is 2. The van der Waals surface area contributed by atoms with E-state index in [1.807, 2.05) is 38.1 Å². The Morgan fingerprint density at radius 3 is 2.36 bits per heavy atom. The lowest BCUT2D eigenvalue weighted by Gasteiger charge is -2.45. The summed E-state index contributed by atoms with van der Waals surface area (Å²) in [4.78, 5) is 28.8. The number of hydrogen-bond donors (Lipinski definition) is 3. The van der Waals surface area contributed by atoms with Crippen LogP contribution in [0.2, 0.25) is 0 Å². The number of hydrogen-bond acceptors (Lipinski definition) is 5. The number of amides is 2. The van der Waals surface area contributed by atoms with E-state index >= 15 is 0 Å². The first kappa shape index (κ1) is 32.9. The molecular formula is C33H43F2N3O4. The number of ether oxygens (including phenoxy) is 1. The number of methoxy groups -OCH3 is 1. The predicted octanol–water partition coefficient (Wildman–Crippen LogP) is 4.68. The molecule has 0 heterocycles. The normalized spacial score (nSPS) is 18.1. The zero-order valence-electron chi connectivity index (χ0n) is 25.0. The highest BCUT2D eigenvalue weighted by Crippen LogP contribution is 2.45. The van der Waals surface area contributed by atoms with E-state index in [2.05, 4.69) is 5.32 Å². The molecule has 2 amide bonds. The maximum atomic E-state index is 14.6. The summed E-state index contributed by atoms with van der Waals surface area (Å²) in [5.74, 6) is -2.57. The van der Waals surface area contributed by atoms with Gasteiger partial charge in [0.05, 0.1) is 18.6 Å². The smallest absolute Gasteiger partial charge is 0.244 e. The maximum absolute atomic E-state index is 14.6. The van der Waals surface area contributed by atoms with Crippen molar-refractivity contribution in [2.75, 3.05) is 26.7 Å². The van der Waals surface area contributed by atoms with Crippen LogP contribution in [0.25, 0.3) is 0 Å². The molecular weight excluding hydrogens is 540 g/mol. The van der Waals surface area contributed by atoms with E-state index in [1.54, 1.807) is 31.1 Å². The number of rotatable bonds is 15. The van der Waals surface area contributed by atoms with Crippen molar-refractivity contribution in [1.82, 2.24) is 10.2 Å². The lowest BCUT2D eigenvalue weighted by atomic mass is 9.63. The van der Waals surface area contributed by atoms with Crippen molar-refractivity contribution in [2.45, 2.75) is 59.1 Å². The van der Waals surface area contributed by atoms with Gasteiger partial charge in [0.15, 0.2) is 0 Å². The fraction of sp³-hybridized carbons (Fsp3) is 0.455. The van der Waals surface area contributed by atoms with Crippen LogP contribution in [-0.4, -0.2) is 54.7 Å². The second-order valence-corrected chi connectivity index (χ2v) is 11.0. The van der Waals surface area contributed by atoms with Crippen molar-refractivity contribution in [3.63, 3.8) is 0 Å². The average Bonchev–Trinajstić information content (AvgIpc) is 2.94. The zero-order chi connectivity index (χ0) is 30.9. The van der Waals surface area contributed by atoms with E-state index in [0.717, 1.165) is 11.6 Å². The molecule has 0 radical (unpaired) electrons. The molecule has 2 aromatic carbocycles. The molecule has 9 heteroatoms. The molecule has 1 unspecified atom stereocenters. The molecule has 0 saturated carbocycles. The third-order valence-electron chi connectivity index (χ3n) is 7.72. The van der Waals surface area contributed by atoms with Gasteiger partial charge in [0, 0.05) is 49.3 Å². The second-order valence-electron chi connectivity index (χ2n) is 11.0. The van der Waals surface area contributed by atoms with Crippen molar-refractivity contribution < 1.29 is 28.2 Å². The van der Waals surface area contributed by atoms with Gasteiger partial charge in [-0.15, -0.1) is 0 Å². The second kappa shape index (κ2) is 15.1. The molecule has 1 aliphatic rings. The molecule has 1 aliphatic carbocycles. The highest BCUT2D eigenvalue weighted by atomic mass is 19.1. The van der Waals surface area contributed by atoms with Crippen LogP contribution >= 0.6 is 0 Å². The summed E-state index contributed by atoms with van der Waals surface area (Å²) in [6, 6.07) is 10.7. The summed E-state index contributed by atoms with van der Waals surface area (Å²) >= 11 is 0. The molecule has 7 nitrogen and oxygen atoms in total. The van der Waals surface area contributed by atoms with Gasteiger partial charge in [-0.2, -0.15) is 0 Å². The number of para-hydroxylation sites is 1. The van der Waals surface area contributed by atoms with Crippen molar-refractivity contribution in [3.05, 3.63) is 88.5 Å². The van der Waals surface area contributed by atoms with E-state index < -0.39 is 35.0 Å². The predicted molar refractivity (Wildman–Crippen MR) is 160 cm³/mol. The van der Waals surface area contributed by atoms with Crippen LogP contribution in [0.5, 0.6) is 5.75 Å². The SMILES string of the molecule is CCCN(CCC)C(=O)C1([C@H](Cc2cc(F)cc(F)c2)[C@@H](O)CNCc2ccccc2OC)C=C(C)C=C(C(N)=O)C1. The number of halogens is 2. The minimum atomic E-state index is -1.39. The molecule has 3 atom stereocenters. The number of nitrogens with zero attached hydrogens (tertiary/aromatic N) is 1. The Morgan fingerprint density at radius 1 is 1.12 bits per heavy atom. The Morgan fingerprint density at radius 2 is 1.76 bits per heavy atom. The Balaban J connectivity index is 2.09. The van der Waals surface area contributed by atoms with Gasteiger partial charge in [-0.3, -0.25) is 9.59 Å². The minimum absolute atomic E-state index is 0.0141. The summed E-state index contributed by atoms with van der Waals surface area (Å²) in [7, 11) is 1.58. The number of benzene rings is 2. The molecule has 0 fully saturated rings. The molecule has 0 bridgehead atoms. The Bertz CT molecular complexity index is 1290. The van der Waals surface area contributed by atoms with E-state index in [4.69, 9.17) is 10.5 Å². The van der Waals surface area contributed by atoms with Crippen molar-refractivity contribution in [2.24, 2.45) is 17.1 Å². The highest BCUT2D eigenvalue weighted by molar-refractivity contribution is 5.96. The molecule has 2 aromatic rings. The topological polar surface area (TPSA) is 105 Å². The van der Waals surface area contributed by atoms with Gasteiger partial charge in [0.25, 0.3) is 0 Å². The largest absolute Gasteiger partial charge is 0.496 e. The first-order valence-electron chi connectivity index (χ1n) is 14.5. The molecule has 3 rings (SSSR count). The van der Waals surface area contributed by atoms with Crippen molar-refractivity contribution >= 4 is 11.8 Å². The lowest BCUT2D eigenvalue weighted by molar-refractivity contribution is -0.145. The van der Waals surface area contributed by atoms with E-state index in [-0.39, 0.29) is 30.9 Å². The Hall–Kier alpha value is -3.56. The van der Waals surface area contributed by atoms with Gasteiger partial charge in [-0.05, 0) is 56.4 Å². The molecule has 228 valence electrons. The van der Waals surface area contributed by atoms with Crippen molar-refractivity contribution in [3.8, 4) is 5.75 Å². The first-order valence-corrected chi connectivity index (χ1v) is 14.5. The van der Waals surface area contributed by atoms with Crippen LogP contribution in [-0.2, 0) is 22.6 Å². The number of aliphatic hydroxyl groups excluding tert-OH is 1. The Kier molecular flexibility index (Phi) is 11.8. The van der Waals surface area contributed by atoms with E-state index in [0.29, 0.717) is 49.4 Å². The quantitative estimate of drug-likeness (QED) is 0.283. The van der Waals surface area contributed by atoms with Gasteiger partial charge in [0.2, 0.25) is 11.8 Å². The standard InChI is InChI=1S/C33H43F2N3O4/c1-5-11-38(12-6-2)32(41)33(18-22(3)13-25(19-33)31(36)40)28(16-23-14-26(34)17-27(35)15-23)29(39)21-37-20-24-9-7-8-10-30(24)42-4/h7-10,13-15,17-18,28-29,37,39H,5-6,11-12,16,19-21H2,1-4H3,(H2,36,40)/t28-,29+,33?/m1/s1. The summed E-state index contributed by atoms with van der Waals surface area (Å²) in [6.07, 6.45) is 3.69. The molecule has 0 spiro atoms. The van der Waals surface area contributed by atoms with Gasteiger partial charge >= 0.3 is 0 Å². The molecule has 0 aromatic heterocycles. The summed E-state index contributed by atoms with van der Waals surface area (Å²) < 4.78 is 34.1. The number of allylic oxidation sites excluding steroid dienone is 2. The number of aliphatic hydroxyl groups is 1. The van der Waals surface area contributed by atoms with Gasteiger partial charge in [-0.1, -0.05) is 49.8 Å². The number of primary amides is 1. The summed E-state index contributed by atoms with van der Waals surface area (Å²) in [5.41, 5.74) is 6.45. The van der Waals surface area contributed by atoms with Crippen LogP contribution < -0.4 is 15.8 Å². The summed E-state index contributed by atoms with van der Waals surface area (Å²) in [5, 5.41) is 15.1. The molecule has 42 heavy (non-hydrogen) atoms.